The van der Waals surface area contributed by atoms with Gasteiger partial charge in [0.1, 0.15) is 0 Å². The lowest BCUT2D eigenvalue weighted by Gasteiger charge is -2.25. The molecule has 1 atom stereocenters. The van der Waals surface area contributed by atoms with Crippen LogP contribution in [0.25, 0.3) is 0 Å². The quantitative estimate of drug-likeness (QED) is 0.813. The van der Waals surface area contributed by atoms with Crippen LogP contribution in [0.2, 0.25) is 0 Å². The smallest absolute Gasteiger partial charge is 0.225 e. The fourth-order valence-electron chi connectivity index (χ4n) is 2.53. The molecule has 0 fully saturated rings. The maximum Gasteiger partial charge on any atom is 0.225 e. The lowest BCUT2D eigenvalue weighted by molar-refractivity contribution is -0.120. The van der Waals surface area contributed by atoms with Crippen molar-refractivity contribution in [2.45, 2.75) is 39.0 Å². The lowest BCUT2D eigenvalue weighted by atomic mass is 9.86. The van der Waals surface area contributed by atoms with Crippen LogP contribution in [-0.2, 0) is 4.79 Å². The number of thioether (sulfide) groups is 1. The van der Waals surface area contributed by atoms with Gasteiger partial charge in [-0.1, -0.05) is 50.3 Å². The molecule has 0 aromatic heterocycles. The van der Waals surface area contributed by atoms with Gasteiger partial charge in [0.2, 0.25) is 5.91 Å². The maximum absolute atomic E-state index is 12.0. The zero-order chi connectivity index (χ0) is 17.0. The van der Waals surface area contributed by atoms with Crippen molar-refractivity contribution in [3.63, 3.8) is 0 Å². The van der Waals surface area contributed by atoms with Gasteiger partial charge in [-0.05, 0) is 24.0 Å². The van der Waals surface area contributed by atoms with Crippen LogP contribution in [0.5, 0.6) is 0 Å². The van der Waals surface area contributed by atoms with E-state index in [0.717, 1.165) is 11.1 Å². The van der Waals surface area contributed by atoms with Crippen molar-refractivity contribution in [2.75, 3.05) is 5.75 Å². The number of nitrogens with zero attached hydrogens (tertiary/aromatic N) is 1. The van der Waals surface area contributed by atoms with Crippen LogP contribution in [0.15, 0.2) is 47.0 Å². The SMILES string of the molecule is C=C(C)CSC1=C(C#N)C(c2ccc(C(C)C)cc2)CC(=O)N1. The van der Waals surface area contributed by atoms with E-state index in [1.807, 2.05) is 19.1 Å². The number of nitriles is 1. The molecule has 1 N–H and O–H groups in total. The summed E-state index contributed by atoms with van der Waals surface area (Å²) < 4.78 is 0. The van der Waals surface area contributed by atoms with Crippen LogP contribution in [0.4, 0.5) is 0 Å². The topological polar surface area (TPSA) is 52.9 Å². The highest BCUT2D eigenvalue weighted by atomic mass is 32.2. The van der Waals surface area contributed by atoms with Crippen LogP contribution in [0.1, 0.15) is 50.2 Å². The van der Waals surface area contributed by atoms with E-state index in [4.69, 9.17) is 0 Å². The predicted molar refractivity (Wildman–Crippen MR) is 95.9 cm³/mol. The van der Waals surface area contributed by atoms with Crippen molar-refractivity contribution in [1.29, 1.82) is 5.26 Å². The molecule has 120 valence electrons. The second-order valence-electron chi connectivity index (χ2n) is 6.23. The third-order valence-corrected chi connectivity index (χ3v) is 5.07. The van der Waals surface area contributed by atoms with Crippen LogP contribution < -0.4 is 5.32 Å². The molecule has 23 heavy (non-hydrogen) atoms. The van der Waals surface area contributed by atoms with Crippen LogP contribution in [0, 0.1) is 11.3 Å². The van der Waals surface area contributed by atoms with Gasteiger partial charge in [-0.3, -0.25) is 4.79 Å². The summed E-state index contributed by atoms with van der Waals surface area (Å²) in [5, 5.41) is 13.1. The summed E-state index contributed by atoms with van der Waals surface area (Å²) in [7, 11) is 0. The van der Waals surface area contributed by atoms with E-state index in [-0.39, 0.29) is 11.8 Å². The van der Waals surface area contributed by atoms with Gasteiger partial charge in [0.15, 0.2) is 0 Å². The zero-order valence-electron chi connectivity index (χ0n) is 13.8. The van der Waals surface area contributed by atoms with E-state index in [9.17, 15) is 10.1 Å². The third kappa shape index (κ3) is 4.27. The van der Waals surface area contributed by atoms with Gasteiger partial charge in [-0.2, -0.15) is 5.26 Å². The van der Waals surface area contributed by atoms with Gasteiger partial charge in [0.05, 0.1) is 16.7 Å². The van der Waals surface area contributed by atoms with E-state index in [1.54, 1.807) is 0 Å². The van der Waals surface area contributed by atoms with Gasteiger partial charge in [-0.15, -0.1) is 11.8 Å². The van der Waals surface area contributed by atoms with E-state index >= 15 is 0 Å². The highest BCUT2D eigenvalue weighted by Gasteiger charge is 2.29. The normalized spacial score (nSPS) is 17.9. The molecule has 4 heteroatoms. The Morgan fingerprint density at radius 1 is 1.43 bits per heavy atom. The first kappa shape index (κ1) is 17.4. The van der Waals surface area contributed by atoms with Crippen molar-refractivity contribution >= 4 is 17.7 Å². The maximum atomic E-state index is 12.0. The molecule has 1 aromatic carbocycles. The van der Waals surface area contributed by atoms with Gasteiger partial charge in [0.25, 0.3) is 0 Å². The Balaban J connectivity index is 2.34. The molecule has 0 aliphatic carbocycles. The first-order valence-corrected chi connectivity index (χ1v) is 8.72. The third-order valence-electron chi connectivity index (χ3n) is 3.82. The first-order chi connectivity index (χ1) is 10.9. The molecule has 1 heterocycles. The Bertz CT molecular complexity index is 680. The summed E-state index contributed by atoms with van der Waals surface area (Å²) in [6.07, 6.45) is 0.320. The molecule has 0 spiro atoms. The van der Waals surface area contributed by atoms with E-state index in [2.05, 4.69) is 43.9 Å². The van der Waals surface area contributed by atoms with Gasteiger partial charge in [-0.25, -0.2) is 0 Å². The molecular weight excluding hydrogens is 304 g/mol. The summed E-state index contributed by atoms with van der Waals surface area (Å²) >= 11 is 1.47. The van der Waals surface area contributed by atoms with E-state index in [1.165, 1.54) is 17.3 Å². The number of benzene rings is 1. The summed E-state index contributed by atoms with van der Waals surface area (Å²) in [5.41, 5.74) is 3.94. The molecule has 1 aliphatic rings. The fraction of sp³-hybridized carbons (Fsp3) is 0.368. The van der Waals surface area contributed by atoms with Crippen LogP contribution in [-0.4, -0.2) is 11.7 Å². The number of hydrogen-bond acceptors (Lipinski definition) is 3. The first-order valence-electron chi connectivity index (χ1n) is 7.73. The van der Waals surface area contributed by atoms with Gasteiger partial charge < -0.3 is 5.32 Å². The van der Waals surface area contributed by atoms with Crippen molar-refractivity contribution in [1.82, 2.24) is 5.32 Å². The van der Waals surface area contributed by atoms with Crippen molar-refractivity contribution in [2.24, 2.45) is 0 Å². The van der Waals surface area contributed by atoms with Crippen molar-refractivity contribution in [3.05, 3.63) is 58.1 Å². The predicted octanol–water partition coefficient (Wildman–Crippen LogP) is 4.46. The number of hydrogen-bond donors (Lipinski definition) is 1. The van der Waals surface area contributed by atoms with E-state index in [0.29, 0.717) is 28.7 Å². The molecule has 2 rings (SSSR count). The Morgan fingerprint density at radius 3 is 2.61 bits per heavy atom. The number of carbonyl (C=O) groups is 1. The van der Waals surface area contributed by atoms with Crippen LogP contribution in [0.3, 0.4) is 0 Å². The lowest BCUT2D eigenvalue weighted by Crippen LogP contribution is -2.31. The molecule has 0 saturated carbocycles. The Labute approximate surface area is 142 Å². The Morgan fingerprint density at radius 2 is 2.09 bits per heavy atom. The zero-order valence-corrected chi connectivity index (χ0v) is 14.7. The molecule has 1 amide bonds. The summed E-state index contributed by atoms with van der Waals surface area (Å²) in [4.78, 5) is 12.0. The van der Waals surface area contributed by atoms with Gasteiger partial charge >= 0.3 is 0 Å². The Hall–Kier alpha value is -1.99. The number of carbonyl (C=O) groups excluding carboxylic acids is 1. The minimum Gasteiger partial charge on any atom is -0.320 e. The molecule has 0 radical (unpaired) electrons. The average Bonchev–Trinajstić information content (AvgIpc) is 2.52. The highest BCUT2D eigenvalue weighted by Crippen LogP contribution is 2.36. The summed E-state index contributed by atoms with van der Waals surface area (Å²) in [6.45, 7) is 10.1. The van der Waals surface area contributed by atoms with Gasteiger partial charge in [0, 0.05) is 18.1 Å². The van der Waals surface area contributed by atoms with Crippen LogP contribution >= 0.6 is 11.8 Å². The molecule has 0 bridgehead atoms. The number of rotatable bonds is 5. The minimum atomic E-state index is -0.164. The Kier molecular flexibility index (Phi) is 5.68. The molecule has 3 nitrogen and oxygen atoms in total. The van der Waals surface area contributed by atoms with Crippen molar-refractivity contribution in [3.8, 4) is 6.07 Å². The summed E-state index contributed by atoms with van der Waals surface area (Å²) in [6, 6.07) is 10.5. The number of allylic oxidation sites excluding steroid dienone is 1. The second kappa shape index (κ2) is 7.52. The molecule has 0 saturated heterocycles. The molecule has 1 aromatic rings. The molecular formula is C19H22N2OS. The summed E-state index contributed by atoms with van der Waals surface area (Å²) in [5.74, 6) is 0.958. The average molecular weight is 326 g/mol. The molecule has 1 aliphatic heterocycles. The highest BCUT2D eigenvalue weighted by molar-refractivity contribution is 8.03. The van der Waals surface area contributed by atoms with Crippen molar-refractivity contribution < 1.29 is 4.79 Å². The number of amides is 1. The molecule has 1 unspecified atom stereocenters. The number of nitrogens with one attached hydrogen (secondary N) is 1. The standard InChI is InChI=1S/C19H22N2OS/c1-12(2)11-23-19-17(10-20)16(9-18(22)21-19)15-7-5-14(6-8-15)13(3)4/h5-8,13,16H,1,9,11H2,2-4H3,(H,21,22). The monoisotopic (exact) mass is 326 g/mol. The minimum absolute atomic E-state index is 0.0360. The largest absolute Gasteiger partial charge is 0.320 e. The fourth-order valence-corrected chi connectivity index (χ4v) is 3.45. The second-order valence-corrected chi connectivity index (χ2v) is 7.21. The van der Waals surface area contributed by atoms with E-state index < -0.39 is 0 Å².